The van der Waals surface area contributed by atoms with E-state index >= 15 is 0 Å². The van der Waals surface area contributed by atoms with Gasteiger partial charge in [0.25, 0.3) is 15.9 Å². The molecular weight excluding hydrogens is 392 g/mol. The Kier molecular flexibility index (Phi) is 6.20. The maximum atomic E-state index is 12.4. The number of carbonyl (C=O) groups is 2. The molecule has 0 aliphatic carbocycles. The van der Waals surface area contributed by atoms with Gasteiger partial charge in [-0.25, -0.2) is 8.42 Å². The Labute approximate surface area is 168 Å². The zero-order valence-corrected chi connectivity index (χ0v) is 16.0. The first-order chi connectivity index (χ1) is 13.9. The van der Waals surface area contributed by atoms with E-state index < -0.39 is 21.8 Å². The molecule has 0 aliphatic heterocycles. The lowest BCUT2D eigenvalue weighted by Crippen LogP contribution is -2.32. The monoisotopic (exact) mass is 410 g/mol. The molecule has 9 heteroatoms. The van der Waals surface area contributed by atoms with Crippen molar-refractivity contribution in [3.8, 4) is 0 Å². The number of aromatic nitrogens is 1. The van der Waals surface area contributed by atoms with Crippen molar-refractivity contribution in [2.45, 2.75) is 4.90 Å². The average Bonchev–Trinajstić information content (AvgIpc) is 2.73. The highest BCUT2D eigenvalue weighted by molar-refractivity contribution is 7.92. The molecule has 0 bridgehead atoms. The van der Waals surface area contributed by atoms with Crippen LogP contribution in [0.3, 0.4) is 0 Å². The first kappa shape index (κ1) is 20.0. The maximum absolute atomic E-state index is 12.4. The molecule has 8 nitrogen and oxygen atoms in total. The lowest BCUT2D eigenvalue weighted by Gasteiger charge is -2.09. The molecule has 0 aliphatic rings. The second-order valence-electron chi connectivity index (χ2n) is 5.97. The summed E-state index contributed by atoms with van der Waals surface area (Å²) in [4.78, 5) is 28.0. The Bertz CT molecular complexity index is 1090. The smallest absolute Gasteiger partial charge is 0.261 e. The SMILES string of the molecule is O=C(CNC(=O)c1ccc(S(=O)(=O)Nc2ccccc2)cc1)Nc1cccnc1. The number of para-hydroxylation sites is 1. The molecule has 0 unspecified atom stereocenters. The van der Waals surface area contributed by atoms with Gasteiger partial charge in [0.05, 0.1) is 23.3 Å². The summed E-state index contributed by atoms with van der Waals surface area (Å²) in [5.41, 5.74) is 1.19. The minimum atomic E-state index is -3.77. The van der Waals surface area contributed by atoms with Crippen LogP contribution in [0.1, 0.15) is 10.4 Å². The summed E-state index contributed by atoms with van der Waals surface area (Å²) in [6.07, 6.45) is 3.07. The zero-order chi connectivity index (χ0) is 20.7. The summed E-state index contributed by atoms with van der Waals surface area (Å²) >= 11 is 0. The molecule has 0 saturated carbocycles. The van der Waals surface area contributed by atoms with Crippen LogP contribution in [-0.4, -0.2) is 31.8 Å². The van der Waals surface area contributed by atoms with Crippen LogP contribution in [0, 0.1) is 0 Å². The average molecular weight is 410 g/mol. The molecule has 29 heavy (non-hydrogen) atoms. The molecule has 3 N–H and O–H groups in total. The molecule has 3 rings (SSSR count). The quantitative estimate of drug-likeness (QED) is 0.552. The van der Waals surface area contributed by atoms with E-state index in [0.29, 0.717) is 11.4 Å². The molecule has 2 aromatic carbocycles. The molecular formula is C20H18N4O4S. The van der Waals surface area contributed by atoms with Crippen molar-refractivity contribution in [1.29, 1.82) is 0 Å². The third-order valence-corrected chi connectivity index (χ3v) is 5.20. The van der Waals surface area contributed by atoms with Gasteiger partial charge < -0.3 is 10.6 Å². The zero-order valence-electron chi connectivity index (χ0n) is 15.2. The van der Waals surface area contributed by atoms with E-state index in [1.165, 1.54) is 30.5 Å². The topological polar surface area (TPSA) is 117 Å². The van der Waals surface area contributed by atoms with Crippen molar-refractivity contribution in [2.75, 3.05) is 16.6 Å². The van der Waals surface area contributed by atoms with Crippen LogP contribution in [0.2, 0.25) is 0 Å². The Morgan fingerprint density at radius 3 is 2.21 bits per heavy atom. The summed E-state index contributed by atoms with van der Waals surface area (Å²) in [6.45, 7) is -0.233. The van der Waals surface area contributed by atoms with E-state index in [1.807, 2.05) is 0 Å². The standard InChI is InChI=1S/C20H18N4O4S/c25-19(23-17-7-4-12-21-13-17)14-22-20(26)15-8-10-18(11-9-15)29(27,28)24-16-5-2-1-3-6-16/h1-13,24H,14H2,(H,22,26)(H,23,25). The van der Waals surface area contributed by atoms with Gasteiger partial charge >= 0.3 is 0 Å². The molecule has 0 saturated heterocycles. The molecule has 3 aromatic rings. The van der Waals surface area contributed by atoms with Gasteiger partial charge in [-0.1, -0.05) is 18.2 Å². The van der Waals surface area contributed by atoms with E-state index in [2.05, 4.69) is 20.3 Å². The number of benzene rings is 2. The molecule has 0 spiro atoms. The fourth-order valence-electron chi connectivity index (χ4n) is 2.41. The summed E-state index contributed by atoms with van der Waals surface area (Å²) in [7, 11) is -3.77. The largest absolute Gasteiger partial charge is 0.343 e. The number of nitrogens with zero attached hydrogens (tertiary/aromatic N) is 1. The van der Waals surface area contributed by atoms with Crippen LogP contribution in [0.4, 0.5) is 11.4 Å². The van der Waals surface area contributed by atoms with E-state index in [9.17, 15) is 18.0 Å². The second-order valence-corrected chi connectivity index (χ2v) is 7.65. The van der Waals surface area contributed by atoms with Crippen molar-refractivity contribution in [1.82, 2.24) is 10.3 Å². The van der Waals surface area contributed by atoms with E-state index in [0.717, 1.165) is 0 Å². The Morgan fingerprint density at radius 1 is 0.862 bits per heavy atom. The van der Waals surface area contributed by atoms with E-state index in [1.54, 1.807) is 48.7 Å². The number of anilines is 2. The Morgan fingerprint density at radius 2 is 1.55 bits per heavy atom. The van der Waals surface area contributed by atoms with Crippen LogP contribution in [0.25, 0.3) is 0 Å². The summed E-state index contributed by atoms with van der Waals surface area (Å²) < 4.78 is 27.3. The maximum Gasteiger partial charge on any atom is 0.261 e. The lowest BCUT2D eigenvalue weighted by atomic mass is 10.2. The van der Waals surface area contributed by atoms with Crippen molar-refractivity contribution in [2.24, 2.45) is 0 Å². The normalized spacial score (nSPS) is 10.8. The molecule has 1 aromatic heterocycles. The highest BCUT2D eigenvalue weighted by atomic mass is 32.2. The van der Waals surface area contributed by atoms with Crippen LogP contribution >= 0.6 is 0 Å². The van der Waals surface area contributed by atoms with Crippen molar-refractivity contribution >= 4 is 33.2 Å². The third kappa shape index (κ3) is 5.63. The predicted octanol–water partition coefficient (Wildman–Crippen LogP) is 2.25. The van der Waals surface area contributed by atoms with Gasteiger partial charge in [0.2, 0.25) is 5.91 Å². The molecule has 148 valence electrons. The fraction of sp³-hybridized carbons (Fsp3) is 0.0500. The molecule has 0 atom stereocenters. The minimum Gasteiger partial charge on any atom is -0.343 e. The highest BCUT2D eigenvalue weighted by Crippen LogP contribution is 2.16. The molecule has 0 fully saturated rings. The molecule has 0 radical (unpaired) electrons. The summed E-state index contributed by atoms with van der Waals surface area (Å²) in [5.74, 6) is -0.899. The van der Waals surface area contributed by atoms with Crippen LogP contribution in [0.5, 0.6) is 0 Å². The van der Waals surface area contributed by atoms with Crippen molar-refractivity contribution < 1.29 is 18.0 Å². The number of amides is 2. The van der Waals surface area contributed by atoms with Crippen molar-refractivity contribution in [3.05, 3.63) is 84.7 Å². The molecule has 1 heterocycles. The summed E-state index contributed by atoms with van der Waals surface area (Å²) in [6, 6.07) is 17.3. The van der Waals surface area contributed by atoms with Gasteiger partial charge in [0, 0.05) is 17.4 Å². The lowest BCUT2D eigenvalue weighted by molar-refractivity contribution is -0.115. The van der Waals surface area contributed by atoms with Gasteiger partial charge in [-0.15, -0.1) is 0 Å². The van der Waals surface area contributed by atoms with Gasteiger partial charge in [0.1, 0.15) is 0 Å². The van der Waals surface area contributed by atoms with E-state index in [-0.39, 0.29) is 17.0 Å². The number of pyridine rings is 1. The number of hydrogen-bond donors (Lipinski definition) is 3. The Hall–Kier alpha value is -3.72. The number of carbonyl (C=O) groups excluding carboxylic acids is 2. The Balaban J connectivity index is 1.57. The van der Waals surface area contributed by atoms with Crippen LogP contribution in [-0.2, 0) is 14.8 Å². The summed E-state index contributed by atoms with van der Waals surface area (Å²) in [5, 5.41) is 5.08. The number of sulfonamides is 1. The van der Waals surface area contributed by atoms with Crippen LogP contribution < -0.4 is 15.4 Å². The van der Waals surface area contributed by atoms with E-state index in [4.69, 9.17) is 0 Å². The van der Waals surface area contributed by atoms with Gasteiger partial charge in [-0.3, -0.25) is 19.3 Å². The number of hydrogen-bond acceptors (Lipinski definition) is 5. The second kappa shape index (κ2) is 8.98. The first-order valence-corrected chi connectivity index (χ1v) is 10.1. The minimum absolute atomic E-state index is 0.0206. The van der Waals surface area contributed by atoms with Crippen LogP contribution in [0.15, 0.2) is 84.0 Å². The van der Waals surface area contributed by atoms with Gasteiger partial charge in [-0.2, -0.15) is 0 Å². The van der Waals surface area contributed by atoms with Gasteiger partial charge in [0.15, 0.2) is 0 Å². The first-order valence-electron chi connectivity index (χ1n) is 8.60. The molecule has 2 amide bonds. The fourth-order valence-corrected chi connectivity index (χ4v) is 3.47. The third-order valence-electron chi connectivity index (χ3n) is 3.81. The highest BCUT2D eigenvalue weighted by Gasteiger charge is 2.15. The van der Waals surface area contributed by atoms with Gasteiger partial charge in [-0.05, 0) is 48.5 Å². The number of nitrogens with one attached hydrogen (secondary N) is 3. The number of rotatable bonds is 7. The predicted molar refractivity (Wildman–Crippen MR) is 109 cm³/mol. The van der Waals surface area contributed by atoms with Crippen molar-refractivity contribution in [3.63, 3.8) is 0 Å².